The normalized spacial score (nSPS) is 24.3. The molecule has 19 heavy (non-hydrogen) atoms. The van der Waals surface area contributed by atoms with Crippen LogP contribution in [0.1, 0.15) is 63.8 Å². The highest BCUT2D eigenvalue weighted by Gasteiger charge is 2.38. The first kappa shape index (κ1) is 15.5. The molecule has 2 atom stereocenters. The Kier molecular flexibility index (Phi) is 5.50. The summed E-state index contributed by atoms with van der Waals surface area (Å²) in [6, 6.07) is 5.02. The average molecular weight is 344 g/mol. The number of halogens is 1. The molecule has 1 aromatic rings. The molecule has 2 rings (SSSR count). The van der Waals surface area contributed by atoms with Gasteiger partial charge < -0.3 is 5.32 Å². The summed E-state index contributed by atoms with van der Waals surface area (Å²) in [6.45, 7) is 8.29. The lowest BCUT2D eigenvalue weighted by Crippen LogP contribution is -2.39. The van der Waals surface area contributed by atoms with Crippen LogP contribution in [-0.4, -0.2) is 6.54 Å². The number of hydrogen-bond donors (Lipinski definition) is 1. The Labute approximate surface area is 130 Å². The highest BCUT2D eigenvalue weighted by atomic mass is 79.9. The van der Waals surface area contributed by atoms with Gasteiger partial charge >= 0.3 is 0 Å². The van der Waals surface area contributed by atoms with Crippen molar-refractivity contribution >= 4 is 27.3 Å². The molecule has 108 valence electrons. The summed E-state index contributed by atoms with van der Waals surface area (Å²) in [6.07, 6.45) is 6.73. The van der Waals surface area contributed by atoms with E-state index in [9.17, 15) is 0 Å². The summed E-state index contributed by atoms with van der Waals surface area (Å²) in [5.41, 5.74) is 0.458. The summed E-state index contributed by atoms with van der Waals surface area (Å²) in [7, 11) is 0. The maximum Gasteiger partial charge on any atom is 0.0701 e. The molecule has 1 aliphatic rings. The molecule has 2 unspecified atom stereocenters. The van der Waals surface area contributed by atoms with Crippen molar-refractivity contribution < 1.29 is 0 Å². The SMILES string of the molecule is CCCNC(c1ccc(Br)s1)C1CCCCC1(C)C. The molecule has 0 spiro atoms. The fraction of sp³-hybridized carbons (Fsp3) is 0.750. The average Bonchev–Trinajstić information content (AvgIpc) is 2.78. The standard InChI is InChI=1S/C16H26BrNS/c1-4-11-18-15(13-8-9-14(17)19-13)12-7-5-6-10-16(12,2)3/h8-9,12,15,18H,4-7,10-11H2,1-3H3. The van der Waals surface area contributed by atoms with Crippen molar-refractivity contribution in [2.75, 3.05) is 6.54 Å². The zero-order valence-corrected chi connectivity index (χ0v) is 14.7. The molecular formula is C16H26BrNS. The molecule has 0 aromatic carbocycles. The van der Waals surface area contributed by atoms with Crippen LogP contribution in [0.2, 0.25) is 0 Å². The van der Waals surface area contributed by atoms with Crippen LogP contribution >= 0.6 is 27.3 Å². The monoisotopic (exact) mass is 343 g/mol. The van der Waals surface area contributed by atoms with Gasteiger partial charge in [-0.25, -0.2) is 0 Å². The van der Waals surface area contributed by atoms with Crippen LogP contribution in [0.25, 0.3) is 0 Å². The number of thiophene rings is 1. The third kappa shape index (κ3) is 3.83. The lowest BCUT2D eigenvalue weighted by molar-refractivity contribution is 0.0994. The second-order valence-electron chi connectivity index (χ2n) is 6.41. The summed E-state index contributed by atoms with van der Waals surface area (Å²) >= 11 is 5.51. The molecule has 1 nitrogen and oxygen atoms in total. The third-order valence-corrected chi connectivity index (χ3v) is 6.21. The Morgan fingerprint density at radius 2 is 2.21 bits per heavy atom. The summed E-state index contributed by atoms with van der Waals surface area (Å²) < 4.78 is 1.25. The van der Waals surface area contributed by atoms with E-state index in [1.807, 2.05) is 11.3 Å². The van der Waals surface area contributed by atoms with E-state index in [1.54, 1.807) is 0 Å². The predicted molar refractivity (Wildman–Crippen MR) is 88.8 cm³/mol. The number of rotatable bonds is 5. The molecule has 1 heterocycles. The lowest BCUT2D eigenvalue weighted by Gasteiger charge is -2.43. The second-order valence-corrected chi connectivity index (χ2v) is 8.91. The zero-order valence-electron chi connectivity index (χ0n) is 12.3. The summed E-state index contributed by atoms with van der Waals surface area (Å²) in [4.78, 5) is 1.50. The largest absolute Gasteiger partial charge is 0.309 e. The molecule has 3 heteroatoms. The summed E-state index contributed by atoms with van der Waals surface area (Å²) in [5.74, 6) is 0.762. The number of nitrogens with one attached hydrogen (secondary N) is 1. The predicted octanol–water partition coefficient (Wildman–Crippen LogP) is 5.77. The van der Waals surface area contributed by atoms with Gasteiger partial charge in [0.1, 0.15) is 0 Å². The Morgan fingerprint density at radius 1 is 1.42 bits per heavy atom. The number of hydrogen-bond acceptors (Lipinski definition) is 2. The van der Waals surface area contributed by atoms with Gasteiger partial charge in [-0.3, -0.25) is 0 Å². The maximum absolute atomic E-state index is 3.81. The van der Waals surface area contributed by atoms with Crippen molar-refractivity contribution in [2.45, 2.75) is 58.9 Å². The van der Waals surface area contributed by atoms with Gasteiger partial charge in [-0.1, -0.05) is 33.6 Å². The van der Waals surface area contributed by atoms with Gasteiger partial charge in [0, 0.05) is 10.9 Å². The highest BCUT2D eigenvalue weighted by molar-refractivity contribution is 9.11. The van der Waals surface area contributed by atoms with Crippen molar-refractivity contribution in [3.63, 3.8) is 0 Å². The van der Waals surface area contributed by atoms with E-state index in [-0.39, 0.29) is 0 Å². The van der Waals surface area contributed by atoms with Gasteiger partial charge in [-0.15, -0.1) is 11.3 Å². The van der Waals surface area contributed by atoms with Crippen LogP contribution in [-0.2, 0) is 0 Å². The first-order valence-corrected chi connectivity index (χ1v) is 9.14. The topological polar surface area (TPSA) is 12.0 Å². The van der Waals surface area contributed by atoms with Crippen LogP contribution in [0.5, 0.6) is 0 Å². The molecule has 0 saturated heterocycles. The van der Waals surface area contributed by atoms with E-state index in [0.717, 1.165) is 12.5 Å². The maximum atomic E-state index is 3.81. The molecule has 1 aromatic heterocycles. The molecular weight excluding hydrogens is 318 g/mol. The molecule has 0 bridgehead atoms. The van der Waals surface area contributed by atoms with Gasteiger partial charge in [0.2, 0.25) is 0 Å². The van der Waals surface area contributed by atoms with Gasteiger partial charge in [0.05, 0.1) is 3.79 Å². The van der Waals surface area contributed by atoms with E-state index < -0.39 is 0 Å². The van der Waals surface area contributed by atoms with E-state index in [4.69, 9.17) is 0 Å². The minimum Gasteiger partial charge on any atom is -0.309 e. The van der Waals surface area contributed by atoms with Crippen molar-refractivity contribution in [1.29, 1.82) is 0 Å². The minimum atomic E-state index is 0.458. The Balaban J connectivity index is 2.21. The van der Waals surface area contributed by atoms with Crippen molar-refractivity contribution in [2.24, 2.45) is 11.3 Å². The van der Waals surface area contributed by atoms with E-state index in [1.165, 1.54) is 40.8 Å². The van der Waals surface area contributed by atoms with Gasteiger partial charge in [0.15, 0.2) is 0 Å². The third-order valence-electron chi connectivity index (χ3n) is 4.51. The summed E-state index contributed by atoms with van der Waals surface area (Å²) in [5, 5.41) is 3.81. The van der Waals surface area contributed by atoms with Crippen LogP contribution in [0.4, 0.5) is 0 Å². The molecule has 1 N–H and O–H groups in total. The van der Waals surface area contributed by atoms with Crippen LogP contribution < -0.4 is 5.32 Å². The lowest BCUT2D eigenvalue weighted by atomic mass is 9.65. The Bertz CT molecular complexity index is 399. The zero-order chi connectivity index (χ0) is 13.9. The molecule has 0 radical (unpaired) electrons. The smallest absolute Gasteiger partial charge is 0.0701 e. The van der Waals surface area contributed by atoms with Crippen LogP contribution in [0.15, 0.2) is 15.9 Å². The quantitative estimate of drug-likeness (QED) is 0.715. The Morgan fingerprint density at radius 3 is 2.79 bits per heavy atom. The van der Waals surface area contributed by atoms with Gasteiger partial charge in [0.25, 0.3) is 0 Å². The fourth-order valence-electron chi connectivity index (χ4n) is 3.38. The first-order valence-electron chi connectivity index (χ1n) is 7.53. The van der Waals surface area contributed by atoms with E-state index >= 15 is 0 Å². The molecule has 1 saturated carbocycles. The minimum absolute atomic E-state index is 0.458. The van der Waals surface area contributed by atoms with Crippen LogP contribution in [0, 0.1) is 11.3 Å². The second kappa shape index (κ2) is 6.73. The van der Waals surface area contributed by atoms with Crippen LogP contribution in [0.3, 0.4) is 0 Å². The molecule has 0 amide bonds. The molecule has 1 aliphatic carbocycles. The fourth-order valence-corrected chi connectivity index (χ4v) is 4.94. The van der Waals surface area contributed by atoms with Gasteiger partial charge in [-0.2, -0.15) is 0 Å². The van der Waals surface area contributed by atoms with Gasteiger partial charge in [-0.05, 0) is 65.2 Å². The van der Waals surface area contributed by atoms with Crippen molar-refractivity contribution in [3.05, 3.63) is 20.8 Å². The molecule has 0 aliphatic heterocycles. The first-order chi connectivity index (χ1) is 9.04. The molecule has 1 fully saturated rings. The highest BCUT2D eigenvalue weighted by Crippen LogP contribution is 2.48. The van der Waals surface area contributed by atoms with E-state index in [0.29, 0.717) is 11.5 Å². The van der Waals surface area contributed by atoms with Crippen molar-refractivity contribution in [3.8, 4) is 0 Å². The van der Waals surface area contributed by atoms with E-state index in [2.05, 4.69) is 54.2 Å². The Hall–Kier alpha value is 0.140. The van der Waals surface area contributed by atoms with Crippen molar-refractivity contribution in [1.82, 2.24) is 5.32 Å².